The number of fused-ring (bicyclic) bond motifs is 2. The Hall–Kier alpha value is -10.3. The van der Waals surface area contributed by atoms with E-state index in [9.17, 15) is 62.1 Å². The van der Waals surface area contributed by atoms with Gasteiger partial charge in [0.25, 0.3) is 0 Å². The molecule has 3 aliphatic heterocycles. The first-order valence-electron chi connectivity index (χ1n) is 35.6. The lowest BCUT2D eigenvalue weighted by Crippen LogP contribution is -2.62. The van der Waals surface area contributed by atoms with E-state index in [1.165, 1.54) is 56.3 Å². The lowest BCUT2D eigenvalue weighted by molar-refractivity contribution is -0.231. The van der Waals surface area contributed by atoms with Crippen molar-refractivity contribution in [1.29, 1.82) is 0 Å². The average molecular weight is 1630 g/mol. The zero-order chi connectivity index (χ0) is 83.9. The molecule has 3 fully saturated rings. The normalized spacial score (nSPS) is 16.7. The SMILES string of the molecule is COC(=O)C[C@H](C(=O)NN(Cc1c(F)cc(-c2ccn(C(F)F)n2)cc1F)C[C@H](OC(=O)CC(C)(C)c1c(CC(=O)Nc2cc(C(=O)O)cc(C(=O)O)c2)cccc1CP(=O)(O)O)[C@@H](CC(=O)[C@@H](NC(=O)OC)C(C)(C)C(F)(F)F)Cc1ccc(C#Cc2ccc(N3CC4CCC(C3)N4C3COC3)nc2)cc1)C(C)(C)C(F)(F)F. The number of hydrogen-bond donors (Lipinski definition) is 7. The number of aromatic carboxylic acids is 2. The second-order valence-corrected chi connectivity index (χ2v) is 31.6. The Morgan fingerprint density at radius 3 is 1.86 bits per heavy atom. The van der Waals surface area contributed by atoms with Crippen LogP contribution in [0, 0.1) is 46.1 Å². The zero-order valence-electron chi connectivity index (χ0n) is 62.8. The third kappa shape index (κ3) is 21.6. The number of hydrazine groups is 1. The number of ether oxygens (including phenoxy) is 4. The molecule has 0 radical (unpaired) electrons. The molecule has 3 saturated heterocycles. The highest BCUT2D eigenvalue weighted by Gasteiger charge is 2.57. The van der Waals surface area contributed by atoms with Gasteiger partial charge in [0, 0.05) is 89.8 Å². The molecule has 9 rings (SSSR count). The number of amides is 3. The number of halogens is 10. The Balaban J connectivity index is 1.17. The lowest BCUT2D eigenvalue weighted by atomic mass is 9.75. The molecule has 114 heavy (non-hydrogen) atoms. The molecule has 3 amide bonds. The molecule has 7 N–H and O–H groups in total. The van der Waals surface area contributed by atoms with Crippen LogP contribution in [0.5, 0.6) is 0 Å². The number of piperazine rings is 1. The molecule has 6 aromatic rings. The molecule has 0 spiro atoms. The number of carbonyl (C=O) groups is 8. The number of rotatable bonds is 32. The number of anilines is 2. The molecule has 6 atom stereocenters. The summed E-state index contributed by atoms with van der Waals surface area (Å²) in [4.78, 5) is 140. The number of alkyl carbamates (subject to hydrolysis) is 1. The van der Waals surface area contributed by atoms with Gasteiger partial charge in [-0.2, -0.15) is 40.2 Å². The fourth-order valence-electron chi connectivity index (χ4n) is 14.4. The summed E-state index contributed by atoms with van der Waals surface area (Å²) in [5.41, 5.74) is -8.90. The van der Waals surface area contributed by atoms with Gasteiger partial charge in [-0.05, 0) is 116 Å². The van der Waals surface area contributed by atoms with Crippen LogP contribution >= 0.6 is 7.60 Å². The fraction of sp³-hybridized carbons (Fsp3) is 0.455. The van der Waals surface area contributed by atoms with Gasteiger partial charge in [-0.25, -0.2) is 37.8 Å². The number of pyridine rings is 1. The third-order valence-electron chi connectivity index (χ3n) is 20.7. The van der Waals surface area contributed by atoms with E-state index < -0.39 is 205 Å². The van der Waals surface area contributed by atoms with Crippen molar-refractivity contribution in [1.82, 2.24) is 35.4 Å². The summed E-state index contributed by atoms with van der Waals surface area (Å²) in [6, 6.07) is 16.6. The van der Waals surface area contributed by atoms with Crippen molar-refractivity contribution < 1.29 is 126 Å². The Bertz CT molecular complexity index is 4630. The molecule has 37 heteroatoms. The van der Waals surface area contributed by atoms with Crippen molar-refractivity contribution in [3.63, 3.8) is 0 Å². The summed E-state index contributed by atoms with van der Waals surface area (Å²) in [7, 11) is -3.57. The second-order valence-electron chi connectivity index (χ2n) is 30.0. The molecule has 26 nitrogen and oxygen atoms in total. The lowest BCUT2D eigenvalue weighted by Gasteiger charge is -2.47. The first-order chi connectivity index (χ1) is 53.2. The maximum atomic E-state index is 16.9. The number of methoxy groups -OCH3 is 2. The van der Waals surface area contributed by atoms with Gasteiger partial charge in [-0.3, -0.25) is 38.9 Å². The predicted octanol–water partition coefficient (Wildman–Crippen LogP) is 11.3. The monoisotopic (exact) mass is 1630 g/mol. The van der Waals surface area contributed by atoms with Crippen molar-refractivity contribution in [3.8, 4) is 23.1 Å². The van der Waals surface area contributed by atoms with Crippen LogP contribution in [0.4, 0.5) is 60.2 Å². The van der Waals surface area contributed by atoms with E-state index in [2.05, 4.69) is 47.0 Å². The maximum absolute atomic E-state index is 16.9. The summed E-state index contributed by atoms with van der Waals surface area (Å²) >= 11 is 0. The standard InChI is InChI=1S/C77H84F10N9O17P/c1-73(2,66-45(10-9-11-46(66)41-114(107,108)109)31-63(98)89-51-26-49(69(102)103)25-50(27-51)70(104)105)33-65(100)113-61(38-94(92-68(101)56(32-64(99)110-7)74(3,4)76(82,83)84)37-55-57(78)28-47(29-58(55)79)59-22-23-95(91-59)71(80)81)48(30-60(97)67(90-72(106)111-8)75(5,6)77(85,86)87)24-43-15-12-42(13-16-43)14-17-44-18-21-62(88-34-44)93-35-52-19-20-53(36-93)96(52)54-39-112-40-54/h9-13,15-16,18,21-23,25-29,34,48,52-54,56,61,67,71H,19-20,24,30-33,35-41H2,1-8H3,(H,89,98)(H,90,106)(H,92,101)(H,102,103)(H,104,105)(H2,107,108,109)/t48-,52?,53?,56-,61+,67-/m1/s1. The molecule has 2 bridgehead atoms. The van der Waals surface area contributed by atoms with Gasteiger partial charge < -0.3 is 54.5 Å². The summed E-state index contributed by atoms with van der Waals surface area (Å²) in [5.74, 6) is -10.8. The molecular formula is C77H84F10N9O17P. The van der Waals surface area contributed by atoms with Crippen LogP contribution in [-0.4, -0.2) is 182 Å². The number of aromatic nitrogens is 3. The van der Waals surface area contributed by atoms with Gasteiger partial charge in [0.05, 0.1) is 99.0 Å². The summed E-state index contributed by atoms with van der Waals surface area (Å²) < 4.78 is 187. The molecule has 0 aliphatic carbocycles. The number of hydrogen-bond acceptors (Lipinski definition) is 18. The smallest absolute Gasteiger partial charge is 0.407 e. The van der Waals surface area contributed by atoms with Crippen LogP contribution < -0.4 is 21.0 Å². The summed E-state index contributed by atoms with van der Waals surface area (Å²) in [6.45, 7) is 1.90. The highest BCUT2D eigenvalue weighted by molar-refractivity contribution is 7.50. The number of nitrogens with zero attached hydrogens (tertiary/aromatic N) is 6. The number of carbonyl (C=O) groups excluding carboxylic acids is 6. The maximum Gasteiger partial charge on any atom is 0.407 e. The Kier molecular flexibility index (Phi) is 27.4. The van der Waals surface area contributed by atoms with E-state index in [4.69, 9.17) is 14.5 Å². The Morgan fingerprint density at radius 1 is 0.737 bits per heavy atom. The predicted molar refractivity (Wildman–Crippen MR) is 388 cm³/mol. The van der Waals surface area contributed by atoms with Gasteiger partial charge in [-0.1, -0.05) is 69.9 Å². The Morgan fingerprint density at radius 2 is 1.33 bits per heavy atom. The van der Waals surface area contributed by atoms with Gasteiger partial charge in [0.1, 0.15) is 29.6 Å². The second kappa shape index (κ2) is 35.6. The molecule has 5 heterocycles. The number of esters is 2. The number of carboxylic acid groups (broad SMARTS) is 2. The minimum atomic E-state index is -5.34. The quantitative estimate of drug-likeness (QED) is 0.00515. The van der Waals surface area contributed by atoms with Crippen molar-refractivity contribution >= 4 is 66.7 Å². The van der Waals surface area contributed by atoms with E-state index in [1.807, 2.05) is 11.4 Å². The molecule has 0 saturated carbocycles. The molecule has 614 valence electrons. The fourth-order valence-corrected chi connectivity index (χ4v) is 15.1. The van der Waals surface area contributed by atoms with Gasteiger partial charge in [-0.15, -0.1) is 0 Å². The van der Waals surface area contributed by atoms with E-state index in [0.29, 0.717) is 87.3 Å². The molecule has 4 aromatic carbocycles. The van der Waals surface area contributed by atoms with Crippen LogP contribution in [-0.2, 0) is 78.4 Å². The largest absolute Gasteiger partial charge is 0.478 e. The minimum Gasteiger partial charge on any atom is -0.478 e. The molecule has 2 aromatic heterocycles. The average Bonchev–Trinajstić information content (AvgIpc) is 1.45. The number of nitrogens with one attached hydrogen (secondary N) is 3. The van der Waals surface area contributed by atoms with Crippen molar-refractivity contribution in [2.75, 3.05) is 57.3 Å². The van der Waals surface area contributed by atoms with Gasteiger partial charge in [0.2, 0.25) is 11.8 Å². The van der Waals surface area contributed by atoms with Crippen LogP contribution in [0.3, 0.4) is 0 Å². The summed E-state index contributed by atoms with van der Waals surface area (Å²) in [6.07, 6.45) is -16.0. The van der Waals surface area contributed by atoms with Crippen molar-refractivity contribution in [2.24, 2.45) is 22.7 Å². The van der Waals surface area contributed by atoms with Crippen LogP contribution in [0.15, 0.2) is 103 Å². The number of ketones is 1. The molecular weight excluding hydrogens is 1540 g/mol. The summed E-state index contributed by atoms with van der Waals surface area (Å²) in [5, 5.41) is 27.9. The van der Waals surface area contributed by atoms with Gasteiger partial charge >= 0.3 is 56.5 Å². The van der Waals surface area contributed by atoms with Crippen LogP contribution in [0.1, 0.15) is 140 Å². The minimum absolute atomic E-state index is 0.0792. The van der Waals surface area contributed by atoms with Crippen LogP contribution in [0.25, 0.3) is 11.3 Å². The van der Waals surface area contributed by atoms with E-state index in [0.717, 1.165) is 76.4 Å². The molecule has 2 unspecified atom stereocenters. The van der Waals surface area contributed by atoms with Gasteiger partial charge in [0.15, 0.2) is 5.78 Å². The first kappa shape index (κ1) is 87.7. The highest BCUT2D eigenvalue weighted by Crippen LogP contribution is 2.48. The van der Waals surface area contributed by atoms with E-state index in [1.54, 1.807) is 12.3 Å². The van der Waals surface area contributed by atoms with E-state index >= 15 is 44.7 Å². The Labute approximate surface area is 647 Å². The number of benzene rings is 4. The topological polar surface area (TPSA) is 348 Å². The first-order valence-corrected chi connectivity index (χ1v) is 37.4. The molecule has 3 aliphatic rings. The third-order valence-corrected chi connectivity index (χ3v) is 21.4. The highest BCUT2D eigenvalue weighted by atomic mass is 31.2. The number of carboxylic acids is 2. The van der Waals surface area contributed by atoms with Crippen LogP contribution in [0.2, 0.25) is 0 Å². The zero-order valence-corrected chi connectivity index (χ0v) is 63.7. The number of Topliss-reactive ketones (excluding diaryl/α,β-unsaturated/α-hetero) is 1. The van der Waals surface area contributed by atoms with Crippen molar-refractivity contribution in [2.45, 2.75) is 154 Å². The van der Waals surface area contributed by atoms with E-state index in [-0.39, 0.29) is 32.6 Å². The number of alkyl halides is 8. The van der Waals surface area contributed by atoms with Crippen molar-refractivity contribution in [3.05, 3.63) is 165 Å².